The predicted molar refractivity (Wildman–Crippen MR) is 25.4 cm³/mol. The molecule has 1 aliphatic rings. The summed E-state index contributed by atoms with van der Waals surface area (Å²) in [5.41, 5.74) is 0. The van der Waals surface area contributed by atoms with Crippen molar-refractivity contribution in [3.05, 3.63) is 24.5 Å². The van der Waals surface area contributed by atoms with E-state index in [1.807, 2.05) is 0 Å². The molecular weight excluding hydrogens is 149 g/mol. The first-order valence-corrected chi connectivity index (χ1v) is 2.35. The minimum Gasteiger partial charge on any atom is -0.466 e. The van der Waals surface area contributed by atoms with Crippen molar-refractivity contribution in [1.29, 1.82) is 0 Å². The first-order valence-electron chi connectivity index (χ1n) is 2.35. The summed E-state index contributed by atoms with van der Waals surface area (Å²) in [7, 11) is 0. The van der Waals surface area contributed by atoms with E-state index in [0.29, 0.717) is 6.26 Å². The van der Waals surface area contributed by atoms with Crippen molar-refractivity contribution in [3.63, 3.8) is 0 Å². The lowest BCUT2D eigenvalue weighted by atomic mass is 10.5. The Kier molecular flexibility index (Phi) is 1.57. The van der Waals surface area contributed by atoms with Crippen LogP contribution in [0.3, 0.4) is 0 Å². The Balaban J connectivity index is 2.65. The van der Waals surface area contributed by atoms with Crippen LogP contribution in [0.15, 0.2) is 24.5 Å². The normalized spacial score (nSPS) is 17.3. The van der Waals surface area contributed by atoms with Crippen LogP contribution in [0, 0.1) is 0 Å². The number of hydrogen-bond donors (Lipinski definition) is 0. The van der Waals surface area contributed by atoms with Crippen molar-refractivity contribution < 1.29 is 22.6 Å². The average molecular weight is 152 g/mol. The molecule has 0 aromatic rings. The van der Waals surface area contributed by atoms with Crippen LogP contribution in [0.1, 0.15) is 0 Å². The van der Waals surface area contributed by atoms with Crippen molar-refractivity contribution in [2.75, 3.05) is 0 Å². The zero-order valence-corrected chi connectivity index (χ0v) is 4.68. The van der Waals surface area contributed by atoms with E-state index in [1.165, 1.54) is 0 Å². The molecule has 10 heavy (non-hydrogen) atoms. The van der Waals surface area contributed by atoms with Gasteiger partial charge in [-0.2, -0.15) is 13.2 Å². The largest absolute Gasteiger partial charge is 0.466 e. The van der Waals surface area contributed by atoms with Crippen molar-refractivity contribution in [2.45, 2.75) is 6.18 Å². The first kappa shape index (κ1) is 6.98. The number of hydrogen-bond acceptors (Lipinski definition) is 2. The van der Waals surface area contributed by atoms with Gasteiger partial charge in [0.15, 0.2) is 0 Å². The van der Waals surface area contributed by atoms with Crippen molar-refractivity contribution >= 4 is 0 Å². The van der Waals surface area contributed by atoms with Crippen LogP contribution in [0.4, 0.5) is 13.2 Å². The van der Waals surface area contributed by atoms with E-state index in [2.05, 4.69) is 9.47 Å². The molecule has 0 aromatic heterocycles. The molecule has 0 saturated heterocycles. The molecule has 0 spiro atoms. The molecule has 0 aliphatic carbocycles. The lowest BCUT2D eigenvalue weighted by Gasteiger charge is -2.11. The fraction of sp³-hybridized carbons (Fsp3) is 0.200. The van der Waals surface area contributed by atoms with Crippen molar-refractivity contribution in [3.8, 4) is 0 Å². The zero-order valence-electron chi connectivity index (χ0n) is 4.68. The number of alkyl halides is 3. The summed E-state index contributed by atoms with van der Waals surface area (Å²) in [6, 6.07) is 0. The fourth-order valence-electron chi connectivity index (χ4n) is 0.396. The molecule has 0 saturated carbocycles. The number of allylic oxidation sites excluding steroid dienone is 1. The standard InChI is InChI=1S/C5H3F3O2/c6-5(7,8)4-3-9-1-2-10-4/h1-3H. The predicted octanol–water partition coefficient (Wildman–Crippen LogP) is 1.91. The van der Waals surface area contributed by atoms with Crippen LogP contribution in [0.25, 0.3) is 0 Å². The van der Waals surface area contributed by atoms with Crippen LogP contribution in [-0.4, -0.2) is 6.18 Å². The van der Waals surface area contributed by atoms with Gasteiger partial charge >= 0.3 is 6.18 Å². The van der Waals surface area contributed by atoms with Gasteiger partial charge in [0.1, 0.15) is 18.8 Å². The third kappa shape index (κ3) is 1.43. The minimum absolute atomic E-state index is 0.500. The van der Waals surface area contributed by atoms with Crippen LogP contribution in [-0.2, 0) is 9.47 Å². The van der Waals surface area contributed by atoms with E-state index >= 15 is 0 Å². The summed E-state index contributed by atoms with van der Waals surface area (Å²) in [5.74, 6) is -1.14. The molecule has 2 nitrogen and oxygen atoms in total. The van der Waals surface area contributed by atoms with Crippen molar-refractivity contribution in [2.24, 2.45) is 0 Å². The zero-order chi connectivity index (χ0) is 7.61. The summed E-state index contributed by atoms with van der Waals surface area (Å²) >= 11 is 0. The highest BCUT2D eigenvalue weighted by Gasteiger charge is 2.37. The molecule has 0 radical (unpaired) electrons. The highest BCUT2D eigenvalue weighted by atomic mass is 19.4. The van der Waals surface area contributed by atoms with Gasteiger partial charge in [-0.15, -0.1) is 0 Å². The Bertz CT molecular complexity index is 180. The third-order valence-corrected chi connectivity index (χ3v) is 0.784. The molecule has 1 aliphatic heterocycles. The van der Waals surface area contributed by atoms with Crippen LogP contribution >= 0.6 is 0 Å². The first-order chi connectivity index (χ1) is 4.61. The molecule has 1 heterocycles. The Labute approximate surface area is 54.5 Å². The second-order valence-corrected chi connectivity index (χ2v) is 1.51. The van der Waals surface area contributed by atoms with Gasteiger partial charge in [0.25, 0.3) is 0 Å². The summed E-state index contributed by atoms with van der Waals surface area (Å²) in [5, 5.41) is 0. The second-order valence-electron chi connectivity index (χ2n) is 1.51. The smallest absolute Gasteiger partial charge is 0.452 e. The van der Waals surface area contributed by atoms with Crippen LogP contribution in [0.2, 0.25) is 0 Å². The molecule has 1 rings (SSSR count). The van der Waals surface area contributed by atoms with Gasteiger partial charge in [-0.05, 0) is 0 Å². The molecule has 5 heteroatoms. The Morgan fingerprint density at radius 3 is 2.20 bits per heavy atom. The summed E-state index contributed by atoms with van der Waals surface area (Å²) in [6.45, 7) is 0. The second kappa shape index (κ2) is 2.24. The maximum Gasteiger partial charge on any atom is 0.452 e. The van der Waals surface area contributed by atoms with Crippen LogP contribution < -0.4 is 0 Å². The topological polar surface area (TPSA) is 18.5 Å². The Morgan fingerprint density at radius 2 is 1.90 bits per heavy atom. The number of halogens is 3. The van der Waals surface area contributed by atoms with Gasteiger partial charge in [-0.1, -0.05) is 0 Å². The van der Waals surface area contributed by atoms with E-state index in [1.54, 1.807) is 0 Å². The molecule has 0 bridgehead atoms. The van der Waals surface area contributed by atoms with Crippen LogP contribution in [0.5, 0.6) is 0 Å². The minimum atomic E-state index is -4.47. The highest BCUT2D eigenvalue weighted by molar-refractivity contribution is 5.01. The monoisotopic (exact) mass is 152 g/mol. The van der Waals surface area contributed by atoms with E-state index in [9.17, 15) is 13.2 Å². The van der Waals surface area contributed by atoms with Gasteiger partial charge in [0, 0.05) is 0 Å². The van der Waals surface area contributed by atoms with E-state index < -0.39 is 11.9 Å². The molecule has 0 unspecified atom stereocenters. The van der Waals surface area contributed by atoms with Gasteiger partial charge < -0.3 is 9.47 Å². The maximum absolute atomic E-state index is 11.6. The summed E-state index contributed by atoms with van der Waals surface area (Å²) in [4.78, 5) is 0. The van der Waals surface area contributed by atoms with E-state index in [-0.39, 0.29) is 0 Å². The van der Waals surface area contributed by atoms with Gasteiger partial charge in [-0.3, -0.25) is 0 Å². The summed E-state index contributed by atoms with van der Waals surface area (Å²) < 4.78 is 43.2. The Morgan fingerprint density at radius 1 is 1.20 bits per heavy atom. The third-order valence-electron chi connectivity index (χ3n) is 0.784. The van der Waals surface area contributed by atoms with Gasteiger partial charge in [0.05, 0.1) is 0 Å². The molecule has 0 fully saturated rings. The van der Waals surface area contributed by atoms with Gasteiger partial charge in [-0.25, -0.2) is 0 Å². The summed E-state index contributed by atoms with van der Waals surface area (Å²) in [6.07, 6.45) is -2.14. The lowest BCUT2D eigenvalue weighted by molar-refractivity contribution is -0.126. The molecule has 56 valence electrons. The molecule has 0 atom stereocenters. The number of rotatable bonds is 0. The fourth-order valence-corrected chi connectivity index (χ4v) is 0.396. The van der Waals surface area contributed by atoms with Gasteiger partial charge in [0.2, 0.25) is 5.76 Å². The van der Waals surface area contributed by atoms with Crippen molar-refractivity contribution in [1.82, 2.24) is 0 Å². The SMILES string of the molecule is FC(F)(F)C1=COC=CO1. The average Bonchev–Trinajstić information content (AvgIpc) is 1.88. The van der Waals surface area contributed by atoms with E-state index in [0.717, 1.165) is 12.5 Å². The molecule has 0 amide bonds. The highest BCUT2D eigenvalue weighted by Crippen LogP contribution is 2.27. The number of ether oxygens (including phenoxy) is 2. The molecule has 0 aromatic carbocycles. The molecule has 0 N–H and O–H groups in total. The molecular formula is C5H3F3O2. The Hall–Kier alpha value is -1.13. The quantitative estimate of drug-likeness (QED) is 0.527. The maximum atomic E-state index is 11.6. The van der Waals surface area contributed by atoms with E-state index in [4.69, 9.17) is 0 Å². The lowest BCUT2D eigenvalue weighted by Crippen LogP contribution is -2.14.